The van der Waals surface area contributed by atoms with Gasteiger partial charge in [0.15, 0.2) is 0 Å². The Morgan fingerprint density at radius 2 is 1.83 bits per heavy atom. The number of piperidine rings is 1. The van der Waals surface area contributed by atoms with Gasteiger partial charge in [-0.3, -0.25) is 9.69 Å². The van der Waals surface area contributed by atoms with Gasteiger partial charge in [0.2, 0.25) is 0 Å². The minimum absolute atomic E-state index is 0.232. The number of alkyl halides is 3. The Hall–Kier alpha value is -1.36. The molecule has 1 aromatic rings. The molecule has 0 atom stereocenters. The number of nitrogens with zero attached hydrogens (tertiary/aromatic N) is 1. The average Bonchev–Trinajstić information content (AvgIpc) is 2.31. The predicted octanol–water partition coefficient (Wildman–Crippen LogP) is 2.87. The Morgan fingerprint density at radius 1 is 1.17 bits per heavy atom. The number of carbonyl (C=O) groups excluding carboxylic acids is 1. The molecular formula is C13H14F3NO. The van der Waals surface area contributed by atoms with Crippen LogP contribution in [0.1, 0.15) is 24.0 Å². The molecule has 0 amide bonds. The highest BCUT2D eigenvalue weighted by molar-refractivity contribution is 5.79. The molecule has 1 heterocycles. The van der Waals surface area contributed by atoms with Crippen molar-refractivity contribution < 1.29 is 18.0 Å². The number of benzene rings is 1. The molecule has 1 fully saturated rings. The van der Waals surface area contributed by atoms with Crippen LogP contribution in [0.2, 0.25) is 0 Å². The van der Waals surface area contributed by atoms with Gasteiger partial charge in [-0.1, -0.05) is 18.2 Å². The van der Waals surface area contributed by atoms with Crippen LogP contribution in [0, 0.1) is 0 Å². The number of likely N-dealkylation sites (tertiary alicyclic amines) is 1. The zero-order valence-corrected chi connectivity index (χ0v) is 9.83. The monoisotopic (exact) mass is 257 g/mol. The third-order valence-electron chi connectivity index (χ3n) is 3.07. The van der Waals surface area contributed by atoms with Crippen LogP contribution in [0.5, 0.6) is 0 Å². The molecule has 5 heteroatoms. The summed E-state index contributed by atoms with van der Waals surface area (Å²) in [5.74, 6) is 0.232. The van der Waals surface area contributed by atoms with Crippen molar-refractivity contribution in [3.8, 4) is 0 Å². The van der Waals surface area contributed by atoms with Crippen molar-refractivity contribution in [3.05, 3.63) is 35.4 Å². The maximum absolute atomic E-state index is 12.5. The topological polar surface area (TPSA) is 20.3 Å². The maximum atomic E-state index is 12.5. The van der Waals surface area contributed by atoms with Crippen molar-refractivity contribution in [2.75, 3.05) is 13.1 Å². The molecule has 0 aromatic heterocycles. The molecule has 2 nitrogen and oxygen atoms in total. The molecule has 18 heavy (non-hydrogen) atoms. The van der Waals surface area contributed by atoms with Gasteiger partial charge in [0.1, 0.15) is 5.78 Å². The number of rotatable bonds is 2. The van der Waals surface area contributed by atoms with Gasteiger partial charge in [0.05, 0.1) is 5.56 Å². The van der Waals surface area contributed by atoms with Crippen LogP contribution in [0.4, 0.5) is 13.2 Å². The molecule has 0 saturated carbocycles. The highest BCUT2D eigenvalue weighted by Gasteiger charge is 2.30. The molecule has 1 saturated heterocycles. The summed E-state index contributed by atoms with van der Waals surface area (Å²) in [6.45, 7) is 1.74. The summed E-state index contributed by atoms with van der Waals surface area (Å²) in [5, 5.41) is 0. The molecule has 0 bridgehead atoms. The fourth-order valence-corrected chi connectivity index (χ4v) is 2.06. The van der Waals surface area contributed by atoms with Crippen LogP contribution in [0.3, 0.4) is 0 Å². The summed E-state index contributed by atoms with van der Waals surface area (Å²) in [6.07, 6.45) is -3.30. The van der Waals surface area contributed by atoms with Crippen molar-refractivity contribution in [2.45, 2.75) is 25.6 Å². The second-order valence-corrected chi connectivity index (χ2v) is 4.51. The Bertz CT molecular complexity index is 432. The number of hydrogen-bond donors (Lipinski definition) is 0. The number of carbonyl (C=O) groups is 1. The van der Waals surface area contributed by atoms with E-state index in [9.17, 15) is 18.0 Å². The lowest BCUT2D eigenvalue weighted by molar-refractivity contribution is -0.137. The summed E-state index contributed by atoms with van der Waals surface area (Å²) < 4.78 is 37.6. The van der Waals surface area contributed by atoms with Gasteiger partial charge < -0.3 is 0 Å². The van der Waals surface area contributed by atoms with E-state index in [4.69, 9.17) is 0 Å². The van der Waals surface area contributed by atoms with Crippen LogP contribution >= 0.6 is 0 Å². The second-order valence-electron chi connectivity index (χ2n) is 4.51. The molecule has 1 aliphatic heterocycles. The van der Waals surface area contributed by atoms with Crippen LogP contribution in [0.15, 0.2) is 24.3 Å². The Kier molecular flexibility index (Phi) is 3.71. The first-order valence-corrected chi connectivity index (χ1v) is 5.85. The minimum Gasteiger partial charge on any atom is -0.300 e. The van der Waals surface area contributed by atoms with Crippen molar-refractivity contribution in [2.24, 2.45) is 0 Å². The minimum atomic E-state index is -4.30. The first-order chi connectivity index (χ1) is 8.45. The molecule has 0 unspecified atom stereocenters. The number of hydrogen-bond acceptors (Lipinski definition) is 2. The van der Waals surface area contributed by atoms with Crippen LogP contribution < -0.4 is 0 Å². The Morgan fingerprint density at radius 3 is 2.44 bits per heavy atom. The quantitative estimate of drug-likeness (QED) is 0.812. The largest absolute Gasteiger partial charge is 0.416 e. The maximum Gasteiger partial charge on any atom is 0.416 e. The van der Waals surface area contributed by atoms with Gasteiger partial charge in [-0.25, -0.2) is 0 Å². The van der Waals surface area contributed by atoms with Crippen molar-refractivity contribution in [1.29, 1.82) is 0 Å². The van der Waals surface area contributed by atoms with E-state index in [1.807, 2.05) is 4.90 Å². The normalized spacial score (nSPS) is 18.1. The second kappa shape index (κ2) is 5.10. The fraction of sp³-hybridized carbons (Fsp3) is 0.462. The lowest BCUT2D eigenvalue weighted by atomic mass is 10.1. The van der Waals surface area contributed by atoms with Crippen LogP contribution in [0.25, 0.3) is 0 Å². The molecule has 0 radical (unpaired) electrons. The van der Waals surface area contributed by atoms with E-state index in [-0.39, 0.29) is 5.78 Å². The van der Waals surface area contributed by atoms with Gasteiger partial charge in [-0.15, -0.1) is 0 Å². The first kappa shape index (κ1) is 13.1. The first-order valence-electron chi connectivity index (χ1n) is 5.85. The van der Waals surface area contributed by atoms with E-state index in [1.54, 1.807) is 6.07 Å². The van der Waals surface area contributed by atoms with Gasteiger partial charge in [-0.2, -0.15) is 13.2 Å². The van der Waals surface area contributed by atoms with E-state index in [0.29, 0.717) is 38.0 Å². The van der Waals surface area contributed by atoms with E-state index >= 15 is 0 Å². The lowest BCUT2D eigenvalue weighted by Gasteiger charge is -2.25. The van der Waals surface area contributed by atoms with E-state index < -0.39 is 11.7 Å². The zero-order valence-electron chi connectivity index (χ0n) is 9.83. The lowest BCUT2D eigenvalue weighted by Crippen LogP contribution is -2.33. The Balaban J connectivity index is 2.03. The number of halogens is 3. The molecule has 0 aliphatic carbocycles. The van der Waals surface area contributed by atoms with Gasteiger partial charge in [0.25, 0.3) is 0 Å². The molecule has 0 N–H and O–H groups in total. The third kappa shape index (κ3) is 3.32. The highest BCUT2D eigenvalue weighted by Crippen LogP contribution is 2.29. The molecule has 1 aromatic carbocycles. The van der Waals surface area contributed by atoms with Gasteiger partial charge in [0, 0.05) is 32.5 Å². The van der Waals surface area contributed by atoms with E-state index in [0.717, 1.165) is 6.07 Å². The molecule has 2 rings (SSSR count). The summed E-state index contributed by atoms with van der Waals surface area (Å²) in [6, 6.07) is 5.36. The predicted molar refractivity (Wildman–Crippen MR) is 61.0 cm³/mol. The summed E-state index contributed by atoms with van der Waals surface area (Å²) in [4.78, 5) is 13.1. The standard InChI is InChI=1S/C13H14F3NO/c14-13(15,16)11-3-1-2-10(8-11)9-17-6-4-12(18)5-7-17/h1-3,8H,4-7,9H2. The molecule has 0 spiro atoms. The van der Waals surface area contributed by atoms with Gasteiger partial charge in [-0.05, 0) is 11.6 Å². The number of ketones is 1. The van der Waals surface area contributed by atoms with Crippen LogP contribution in [-0.2, 0) is 17.5 Å². The highest BCUT2D eigenvalue weighted by atomic mass is 19.4. The smallest absolute Gasteiger partial charge is 0.300 e. The van der Waals surface area contributed by atoms with Crippen molar-refractivity contribution >= 4 is 5.78 Å². The fourth-order valence-electron chi connectivity index (χ4n) is 2.06. The zero-order chi connectivity index (χ0) is 13.2. The van der Waals surface area contributed by atoms with E-state index in [1.165, 1.54) is 12.1 Å². The molecule has 98 valence electrons. The summed E-state index contributed by atoms with van der Waals surface area (Å²) in [7, 11) is 0. The van der Waals surface area contributed by atoms with Gasteiger partial charge >= 0.3 is 6.18 Å². The molecular weight excluding hydrogens is 243 g/mol. The average molecular weight is 257 g/mol. The number of Topliss-reactive ketones (excluding diaryl/α,β-unsaturated/α-hetero) is 1. The van der Waals surface area contributed by atoms with Crippen molar-refractivity contribution in [3.63, 3.8) is 0 Å². The SMILES string of the molecule is O=C1CCN(Cc2cccc(C(F)(F)F)c2)CC1. The third-order valence-corrected chi connectivity index (χ3v) is 3.07. The summed E-state index contributed by atoms with van der Waals surface area (Å²) >= 11 is 0. The van der Waals surface area contributed by atoms with E-state index in [2.05, 4.69) is 0 Å². The summed E-state index contributed by atoms with van der Waals surface area (Å²) in [5.41, 5.74) is 0.0206. The van der Waals surface area contributed by atoms with Crippen molar-refractivity contribution in [1.82, 2.24) is 4.90 Å². The molecule has 1 aliphatic rings. The van der Waals surface area contributed by atoms with Crippen LogP contribution in [-0.4, -0.2) is 23.8 Å². The Labute approximate surface area is 103 Å².